The van der Waals surface area contributed by atoms with Crippen molar-refractivity contribution in [2.75, 3.05) is 5.32 Å². The molecule has 0 heterocycles. The SMILES string of the molecule is CC(Nc1ccc(Br)cc1F)c1ccc(C#N)cc1. The molecule has 1 atom stereocenters. The fraction of sp³-hybridized carbons (Fsp3) is 0.133. The lowest BCUT2D eigenvalue weighted by Gasteiger charge is -2.16. The first-order chi connectivity index (χ1) is 9.10. The Hall–Kier alpha value is -1.86. The molecule has 2 rings (SSSR count). The van der Waals surface area contributed by atoms with Gasteiger partial charge in [-0.1, -0.05) is 28.1 Å². The Labute approximate surface area is 120 Å². The summed E-state index contributed by atoms with van der Waals surface area (Å²) in [5.41, 5.74) is 2.08. The molecular weight excluding hydrogens is 307 g/mol. The molecule has 1 unspecified atom stereocenters. The van der Waals surface area contributed by atoms with Crippen LogP contribution in [-0.4, -0.2) is 0 Å². The predicted octanol–water partition coefficient (Wildman–Crippen LogP) is 4.63. The number of hydrogen-bond acceptors (Lipinski definition) is 2. The fourth-order valence-corrected chi connectivity index (χ4v) is 2.10. The summed E-state index contributed by atoms with van der Waals surface area (Å²) in [5, 5.41) is 11.9. The number of nitrogens with zero attached hydrogens (tertiary/aromatic N) is 1. The van der Waals surface area contributed by atoms with Gasteiger partial charge in [-0.3, -0.25) is 0 Å². The van der Waals surface area contributed by atoms with E-state index < -0.39 is 0 Å². The summed E-state index contributed by atoms with van der Waals surface area (Å²) >= 11 is 3.22. The van der Waals surface area contributed by atoms with E-state index in [1.54, 1.807) is 24.3 Å². The van der Waals surface area contributed by atoms with Crippen LogP contribution in [0.1, 0.15) is 24.1 Å². The van der Waals surface area contributed by atoms with Crippen molar-refractivity contribution >= 4 is 21.6 Å². The van der Waals surface area contributed by atoms with Crippen LogP contribution in [0.15, 0.2) is 46.9 Å². The summed E-state index contributed by atoms with van der Waals surface area (Å²) in [7, 11) is 0. The van der Waals surface area contributed by atoms with Crippen LogP contribution >= 0.6 is 15.9 Å². The minimum atomic E-state index is -0.296. The molecule has 0 bridgehead atoms. The number of nitriles is 1. The molecular formula is C15H12BrFN2. The Kier molecular flexibility index (Phi) is 4.18. The second kappa shape index (κ2) is 5.85. The minimum absolute atomic E-state index is 0.0385. The summed E-state index contributed by atoms with van der Waals surface area (Å²) in [6.45, 7) is 1.95. The number of anilines is 1. The zero-order chi connectivity index (χ0) is 13.8. The van der Waals surface area contributed by atoms with Gasteiger partial charge < -0.3 is 5.32 Å². The molecule has 0 aliphatic carbocycles. The van der Waals surface area contributed by atoms with Crippen molar-refractivity contribution < 1.29 is 4.39 Å². The average Bonchev–Trinajstić information content (AvgIpc) is 2.42. The van der Waals surface area contributed by atoms with Crippen molar-refractivity contribution in [1.82, 2.24) is 0 Å². The summed E-state index contributed by atoms with van der Waals surface area (Å²) < 4.78 is 14.4. The van der Waals surface area contributed by atoms with E-state index in [0.717, 1.165) is 5.56 Å². The van der Waals surface area contributed by atoms with Crippen molar-refractivity contribution in [3.63, 3.8) is 0 Å². The van der Waals surface area contributed by atoms with Crippen molar-refractivity contribution in [2.24, 2.45) is 0 Å². The van der Waals surface area contributed by atoms with Crippen LogP contribution in [0.2, 0.25) is 0 Å². The van der Waals surface area contributed by atoms with Gasteiger partial charge in [0.05, 0.1) is 17.3 Å². The molecule has 0 amide bonds. The van der Waals surface area contributed by atoms with E-state index in [0.29, 0.717) is 15.7 Å². The van der Waals surface area contributed by atoms with E-state index in [1.165, 1.54) is 6.07 Å². The molecule has 0 fully saturated rings. The van der Waals surface area contributed by atoms with Crippen LogP contribution in [0.5, 0.6) is 0 Å². The molecule has 2 aromatic carbocycles. The summed E-state index contributed by atoms with van der Waals surface area (Å²) in [5.74, 6) is -0.296. The summed E-state index contributed by atoms with van der Waals surface area (Å²) in [4.78, 5) is 0. The van der Waals surface area contributed by atoms with E-state index in [1.807, 2.05) is 19.1 Å². The second-order valence-electron chi connectivity index (χ2n) is 4.22. The van der Waals surface area contributed by atoms with Crippen LogP contribution in [0, 0.1) is 17.1 Å². The van der Waals surface area contributed by atoms with E-state index >= 15 is 0 Å². The second-order valence-corrected chi connectivity index (χ2v) is 5.14. The number of hydrogen-bond donors (Lipinski definition) is 1. The number of nitrogens with one attached hydrogen (secondary N) is 1. The third-order valence-corrected chi connectivity index (χ3v) is 3.34. The molecule has 0 saturated carbocycles. The predicted molar refractivity (Wildman–Crippen MR) is 77.3 cm³/mol. The van der Waals surface area contributed by atoms with Crippen LogP contribution in [-0.2, 0) is 0 Å². The summed E-state index contributed by atoms with van der Waals surface area (Å²) in [6.07, 6.45) is 0. The Balaban J connectivity index is 2.16. The molecule has 0 aromatic heterocycles. The van der Waals surface area contributed by atoms with E-state index in [2.05, 4.69) is 27.3 Å². The Morgan fingerprint density at radius 3 is 2.47 bits per heavy atom. The van der Waals surface area contributed by atoms with Gasteiger partial charge in [0.2, 0.25) is 0 Å². The topological polar surface area (TPSA) is 35.8 Å². The highest BCUT2D eigenvalue weighted by Crippen LogP contribution is 2.24. The Morgan fingerprint density at radius 1 is 1.21 bits per heavy atom. The minimum Gasteiger partial charge on any atom is -0.376 e. The quantitative estimate of drug-likeness (QED) is 0.895. The van der Waals surface area contributed by atoms with Gasteiger partial charge in [-0.2, -0.15) is 5.26 Å². The Morgan fingerprint density at radius 2 is 1.89 bits per heavy atom. The van der Waals surface area contributed by atoms with Gasteiger partial charge in [0.25, 0.3) is 0 Å². The molecule has 4 heteroatoms. The van der Waals surface area contributed by atoms with Crippen molar-refractivity contribution in [3.8, 4) is 6.07 Å². The molecule has 0 spiro atoms. The van der Waals surface area contributed by atoms with Crippen molar-refractivity contribution in [2.45, 2.75) is 13.0 Å². The standard InChI is InChI=1S/C15H12BrFN2/c1-10(12-4-2-11(9-18)3-5-12)19-15-7-6-13(16)8-14(15)17/h2-8,10,19H,1H3. The average molecular weight is 319 g/mol. The highest BCUT2D eigenvalue weighted by Gasteiger charge is 2.08. The van der Waals surface area contributed by atoms with E-state index in [-0.39, 0.29) is 11.9 Å². The first-order valence-electron chi connectivity index (χ1n) is 5.82. The van der Waals surface area contributed by atoms with Crippen LogP contribution in [0.25, 0.3) is 0 Å². The lowest BCUT2D eigenvalue weighted by Crippen LogP contribution is -2.07. The zero-order valence-electron chi connectivity index (χ0n) is 10.3. The normalized spacial score (nSPS) is 11.7. The largest absolute Gasteiger partial charge is 0.376 e. The first kappa shape index (κ1) is 13.6. The van der Waals surface area contributed by atoms with Gasteiger partial charge in [-0.25, -0.2) is 4.39 Å². The van der Waals surface area contributed by atoms with Crippen LogP contribution in [0.3, 0.4) is 0 Å². The molecule has 19 heavy (non-hydrogen) atoms. The van der Waals surface area contributed by atoms with Crippen molar-refractivity contribution in [3.05, 3.63) is 63.9 Å². The molecule has 0 radical (unpaired) electrons. The van der Waals surface area contributed by atoms with Gasteiger partial charge in [0.15, 0.2) is 0 Å². The molecule has 0 saturated heterocycles. The van der Waals surface area contributed by atoms with Gasteiger partial charge >= 0.3 is 0 Å². The first-order valence-corrected chi connectivity index (χ1v) is 6.61. The highest BCUT2D eigenvalue weighted by molar-refractivity contribution is 9.10. The fourth-order valence-electron chi connectivity index (χ4n) is 1.77. The third-order valence-electron chi connectivity index (χ3n) is 2.84. The van der Waals surface area contributed by atoms with E-state index in [4.69, 9.17) is 5.26 Å². The zero-order valence-corrected chi connectivity index (χ0v) is 11.9. The van der Waals surface area contributed by atoms with Gasteiger partial charge in [0, 0.05) is 10.5 Å². The lowest BCUT2D eigenvalue weighted by molar-refractivity contribution is 0.626. The molecule has 96 valence electrons. The van der Waals surface area contributed by atoms with Gasteiger partial charge in [0.1, 0.15) is 5.82 Å². The van der Waals surface area contributed by atoms with Crippen LogP contribution in [0.4, 0.5) is 10.1 Å². The third kappa shape index (κ3) is 3.33. The van der Waals surface area contributed by atoms with E-state index in [9.17, 15) is 4.39 Å². The maximum atomic E-state index is 13.7. The number of rotatable bonds is 3. The number of benzene rings is 2. The van der Waals surface area contributed by atoms with Gasteiger partial charge in [-0.15, -0.1) is 0 Å². The molecule has 0 aliphatic rings. The summed E-state index contributed by atoms with van der Waals surface area (Å²) in [6, 6.07) is 14.2. The Bertz CT molecular complexity index is 617. The molecule has 2 nitrogen and oxygen atoms in total. The van der Waals surface area contributed by atoms with Crippen molar-refractivity contribution in [1.29, 1.82) is 5.26 Å². The van der Waals surface area contributed by atoms with Crippen LogP contribution < -0.4 is 5.32 Å². The molecule has 1 N–H and O–H groups in total. The maximum Gasteiger partial charge on any atom is 0.147 e. The maximum absolute atomic E-state index is 13.7. The smallest absolute Gasteiger partial charge is 0.147 e. The molecule has 2 aromatic rings. The monoisotopic (exact) mass is 318 g/mol. The molecule has 0 aliphatic heterocycles. The number of halogens is 2. The lowest BCUT2D eigenvalue weighted by atomic mass is 10.1. The van der Waals surface area contributed by atoms with Gasteiger partial charge in [-0.05, 0) is 42.8 Å². The highest BCUT2D eigenvalue weighted by atomic mass is 79.9.